The number of hydrogen-bond acceptors (Lipinski definition) is 6. The highest BCUT2D eigenvalue weighted by molar-refractivity contribution is 14.0. The topological polar surface area (TPSA) is 122 Å². The number of thiophene rings is 1. The number of nitrogens with one attached hydrogen (secondary N) is 1. The minimum atomic E-state index is -3.69. The average Bonchev–Trinajstić information content (AvgIpc) is 2.92. The molecule has 0 bridgehead atoms. The van der Waals surface area contributed by atoms with Gasteiger partial charge in [-0.25, -0.2) is 22.0 Å². The summed E-state index contributed by atoms with van der Waals surface area (Å²) in [5.74, 6) is 0.665. The van der Waals surface area contributed by atoms with E-state index in [0.29, 0.717) is 25.6 Å². The zero-order valence-electron chi connectivity index (χ0n) is 14.2. The number of nitrogens with two attached hydrogens (primary N) is 1. The second kappa shape index (κ2) is 8.06. The van der Waals surface area contributed by atoms with Gasteiger partial charge in [0.05, 0.1) is 17.0 Å². The third-order valence-corrected chi connectivity index (χ3v) is 8.95. The number of rotatable bonds is 3. The highest BCUT2D eigenvalue weighted by atomic mass is 127. The van der Waals surface area contributed by atoms with Gasteiger partial charge in [0.15, 0.2) is 15.8 Å². The van der Waals surface area contributed by atoms with E-state index in [-0.39, 0.29) is 33.9 Å². The minimum Gasteiger partial charge on any atom is -0.351 e. The number of aliphatic imine (C=N–C) groups is 1. The highest BCUT2D eigenvalue weighted by Gasteiger charge is 2.40. The molecule has 1 saturated heterocycles. The van der Waals surface area contributed by atoms with Gasteiger partial charge < -0.3 is 10.2 Å². The molecule has 2 heterocycles. The monoisotopic (exact) mass is 522 g/mol. The van der Waals surface area contributed by atoms with E-state index in [1.54, 1.807) is 27.0 Å². The van der Waals surface area contributed by atoms with Crippen molar-refractivity contribution >= 4 is 61.1 Å². The first-order valence-corrected chi connectivity index (χ1v) is 11.3. The van der Waals surface area contributed by atoms with Gasteiger partial charge in [-0.05, 0) is 26.0 Å². The quantitative estimate of drug-likeness (QED) is 0.341. The molecule has 1 aliphatic rings. The normalized spacial score (nSPS) is 20.0. The van der Waals surface area contributed by atoms with Crippen LogP contribution in [0.25, 0.3) is 0 Å². The predicted molar refractivity (Wildman–Crippen MR) is 111 cm³/mol. The Morgan fingerprint density at radius 3 is 2.56 bits per heavy atom. The van der Waals surface area contributed by atoms with Crippen LogP contribution in [0, 0.1) is 0 Å². The van der Waals surface area contributed by atoms with E-state index in [9.17, 15) is 16.8 Å². The fourth-order valence-corrected chi connectivity index (χ4v) is 5.51. The van der Waals surface area contributed by atoms with Gasteiger partial charge in [0, 0.05) is 25.0 Å². The lowest BCUT2D eigenvalue weighted by molar-refractivity contribution is 0.353. The Bertz CT molecular complexity index is 846. The highest BCUT2D eigenvalue weighted by Crippen LogP contribution is 2.24. The number of halogens is 1. The molecule has 0 amide bonds. The van der Waals surface area contributed by atoms with Crippen LogP contribution in [0.4, 0.5) is 0 Å². The summed E-state index contributed by atoms with van der Waals surface area (Å²) in [6.07, 6.45) is 0. The molecule has 1 fully saturated rings. The van der Waals surface area contributed by atoms with Crippen LogP contribution in [-0.2, 0) is 26.4 Å². The molecule has 1 aromatic heterocycles. The van der Waals surface area contributed by atoms with Gasteiger partial charge in [-0.1, -0.05) is 0 Å². The molecule has 0 spiro atoms. The molecule has 0 radical (unpaired) electrons. The Morgan fingerprint density at radius 1 is 1.44 bits per heavy atom. The van der Waals surface area contributed by atoms with Crippen LogP contribution < -0.4 is 10.5 Å². The van der Waals surface area contributed by atoms with Crippen LogP contribution in [0.2, 0.25) is 0 Å². The second-order valence-electron chi connectivity index (χ2n) is 6.17. The van der Waals surface area contributed by atoms with Gasteiger partial charge in [0.1, 0.15) is 4.21 Å². The van der Waals surface area contributed by atoms with Crippen molar-refractivity contribution in [2.75, 3.05) is 25.9 Å². The van der Waals surface area contributed by atoms with E-state index in [1.165, 1.54) is 6.07 Å². The number of hydrogen-bond donors (Lipinski definition) is 2. The first-order valence-electron chi connectivity index (χ1n) is 7.26. The molecular weight excluding hydrogens is 499 g/mol. The molecule has 25 heavy (non-hydrogen) atoms. The first kappa shape index (κ1) is 22.6. The molecule has 0 aromatic carbocycles. The molecule has 0 saturated carbocycles. The summed E-state index contributed by atoms with van der Waals surface area (Å²) < 4.78 is 46.0. The number of sulfonamides is 1. The Hall–Kier alpha value is -0.440. The van der Waals surface area contributed by atoms with Crippen molar-refractivity contribution in [3.8, 4) is 0 Å². The van der Waals surface area contributed by atoms with E-state index >= 15 is 0 Å². The van der Waals surface area contributed by atoms with Crippen molar-refractivity contribution in [3.63, 3.8) is 0 Å². The largest absolute Gasteiger partial charge is 0.351 e. The number of primary sulfonamides is 1. The van der Waals surface area contributed by atoms with E-state index < -0.39 is 24.6 Å². The fraction of sp³-hybridized carbons (Fsp3) is 0.615. The molecular formula is C13H23IN4O4S3. The lowest BCUT2D eigenvalue weighted by Crippen LogP contribution is -2.57. The van der Waals surface area contributed by atoms with Crippen molar-refractivity contribution in [1.82, 2.24) is 10.2 Å². The van der Waals surface area contributed by atoms with E-state index in [4.69, 9.17) is 5.14 Å². The van der Waals surface area contributed by atoms with Crippen molar-refractivity contribution in [2.24, 2.45) is 10.1 Å². The molecule has 1 aliphatic heterocycles. The SMILES string of the molecule is CN=C(NCc1ccc(S(N)(=O)=O)s1)N1CCS(=O)(=O)C(C)(C)C1.I. The lowest BCUT2D eigenvalue weighted by Gasteiger charge is -2.39. The summed E-state index contributed by atoms with van der Waals surface area (Å²) in [6, 6.07) is 3.16. The van der Waals surface area contributed by atoms with Gasteiger partial charge >= 0.3 is 0 Å². The molecule has 0 atom stereocenters. The van der Waals surface area contributed by atoms with Crippen LogP contribution in [0.3, 0.4) is 0 Å². The van der Waals surface area contributed by atoms with Crippen molar-refractivity contribution in [2.45, 2.75) is 29.3 Å². The summed E-state index contributed by atoms with van der Waals surface area (Å²) >= 11 is 1.09. The molecule has 0 unspecified atom stereocenters. The zero-order chi connectivity index (χ0) is 18.2. The van der Waals surface area contributed by atoms with E-state index in [2.05, 4.69) is 10.3 Å². The lowest BCUT2D eigenvalue weighted by atomic mass is 10.2. The Morgan fingerprint density at radius 2 is 2.08 bits per heavy atom. The molecule has 1 aromatic rings. The zero-order valence-corrected chi connectivity index (χ0v) is 19.0. The average molecular weight is 522 g/mol. The van der Waals surface area contributed by atoms with Gasteiger partial charge in [-0.3, -0.25) is 4.99 Å². The minimum absolute atomic E-state index is 0. The molecule has 12 heteroatoms. The van der Waals surface area contributed by atoms with Gasteiger partial charge in [-0.2, -0.15) is 0 Å². The third kappa shape index (κ3) is 5.28. The Kier molecular flexibility index (Phi) is 7.29. The standard InChI is InChI=1S/C13H22N4O4S3.HI/c1-13(2)9-17(6-7-23(13,18)19)12(15-3)16-8-10-4-5-11(22-10)24(14,20)21;/h4-5H,6-9H2,1-3H3,(H,15,16)(H2,14,20,21);1H. The summed E-state index contributed by atoms with van der Waals surface area (Å²) in [5, 5.41) is 8.24. The maximum atomic E-state index is 12.1. The Labute approximate surface area is 169 Å². The van der Waals surface area contributed by atoms with E-state index in [0.717, 1.165) is 16.2 Å². The van der Waals surface area contributed by atoms with Gasteiger partial charge in [0.25, 0.3) is 0 Å². The summed E-state index contributed by atoms with van der Waals surface area (Å²) in [5.41, 5.74) is 0. The summed E-state index contributed by atoms with van der Waals surface area (Å²) in [6.45, 7) is 4.52. The molecule has 0 aliphatic carbocycles. The first-order chi connectivity index (χ1) is 11.0. The fourth-order valence-electron chi connectivity index (χ4n) is 2.43. The van der Waals surface area contributed by atoms with Crippen LogP contribution in [-0.4, -0.2) is 58.3 Å². The van der Waals surface area contributed by atoms with Crippen molar-refractivity contribution in [1.29, 1.82) is 0 Å². The Balaban J connectivity index is 0.00000312. The van der Waals surface area contributed by atoms with Gasteiger partial charge in [-0.15, -0.1) is 35.3 Å². The molecule has 2 rings (SSSR count). The molecule has 8 nitrogen and oxygen atoms in total. The van der Waals surface area contributed by atoms with Crippen molar-refractivity contribution in [3.05, 3.63) is 17.0 Å². The number of sulfone groups is 1. The van der Waals surface area contributed by atoms with E-state index in [1.807, 2.05) is 4.90 Å². The maximum absolute atomic E-state index is 12.1. The third-order valence-electron chi connectivity index (χ3n) is 3.89. The predicted octanol–water partition coefficient (Wildman–Crippen LogP) is 0.598. The summed E-state index contributed by atoms with van der Waals surface area (Å²) in [7, 11) is -5.18. The smallest absolute Gasteiger partial charge is 0.247 e. The van der Waals surface area contributed by atoms with Gasteiger partial charge in [0.2, 0.25) is 10.0 Å². The molecule has 144 valence electrons. The maximum Gasteiger partial charge on any atom is 0.247 e. The molecule has 3 N–H and O–H groups in total. The number of nitrogens with zero attached hydrogens (tertiary/aromatic N) is 2. The van der Waals surface area contributed by atoms with Crippen LogP contribution in [0.1, 0.15) is 18.7 Å². The number of guanidine groups is 1. The summed E-state index contributed by atoms with van der Waals surface area (Å²) in [4.78, 5) is 6.89. The van der Waals surface area contributed by atoms with Crippen LogP contribution >= 0.6 is 35.3 Å². The van der Waals surface area contributed by atoms with Crippen LogP contribution in [0.15, 0.2) is 21.3 Å². The van der Waals surface area contributed by atoms with Crippen molar-refractivity contribution < 1.29 is 16.8 Å². The second-order valence-corrected chi connectivity index (χ2v) is 11.9. The van der Waals surface area contributed by atoms with Crippen LogP contribution in [0.5, 0.6) is 0 Å².